The van der Waals surface area contributed by atoms with Gasteiger partial charge >= 0.3 is 5.97 Å². The van der Waals surface area contributed by atoms with Crippen molar-refractivity contribution in [3.63, 3.8) is 0 Å². The van der Waals surface area contributed by atoms with E-state index in [1.165, 1.54) is 0 Å². The van der Waals surface area contributed by atoms with Gasteiger partial charge in [0.2, 0.25) is 0 Å². The number of nitrogens with zero attached hydrogens (tertiary/aromatic N) is 1. The molecule has 2 rings (SSSR count). The van der Waals surface area contributed by atoms with Gasteiger partial charge in [0.25, 0.3) is 5.91 Å². The zero-order valence-electron chi connectivity index (χ0n) is 15.9. The smallest absolute Gasteiger partial charge is 0.338 e. The predicted octanol–water partition coefficient (Wildman–Crippen LogP) is 3.58. The molecular weight excluding hydrogens is 366 g/mol. The minimum atomic E-state index is -0.352. The van der Waals surface area contributed by atoms with E-state index in [4.69, 9.17) is 16.3 Å². The number of hydrogen-bond acceptors (Lipinski definition) is 5. The van der Waals surface area contributed by atoms with Crippen molar-refractivity contribution in [2.75, 3.05) is 25.6 Å². The first-order chi connectivity index (χ1) is 12.8. The van der Waals surface area contributed by atoms with E-state index in [0.717, 1.165) is 11.3 Å². The van der Waals surface area contributed by atoms with Gasteiger partial charge in [-0.05, 0) is 49.7 Å². The largest absolute Gasteiger partial charge is 0.462 e. The van der Waals surface area contributed by atoms with Crippen molar-refractivity contribution in [2.24, 2.45) is 0 Å². The summed E-state index contributed by atoms with van der Waals surface area (Å²) in [4.78, 5) is 26.1. The number of carbonyl (C=O) groups is 2. The molecule has 2 aromatic carbocycles. The molecule has 1 amide bonds. The van der Waals surface area contributed by atoms with Crippen LogP contribution in [0.5, 0.6) is 0 Å². The molecule has 0 bridgehead atoms. The minimum absolute atomic E-state index is 0.160. The lowest BCUT2D eigenvalue weighted by molar-refractivity contribution is 0.0526. The molecule has 6 nitrogen and oxygen atoms in total. The van der Waals surface area contributed by atoms with Crippen molar-refractivity contribution in [1.82, 2.24) is 10.9 Å². The van der Waals surface area contributed by atoms with E-state index in [1.54, 1.807) is 37.3 Å². The summed E-state index contributed by atoms with van der Waals surface area (Å²) < 4.78 is 4.97. The zero-order chi connectivity index (χ0) is 20.0. The second-order valence-corrected chi connectivity index (χ2v) is 6.65. The number of rotatable bonds is 7. The van der Waals surface area contributed by atoms with Crippen LogP contribution in [0.15, 0.2) is 42.5 Å². The fourth-order valence-corrected chi connectivity index (χ4v) is 2.70. The number of halogens is 1. The Morgan fingerprint density at radius 3 is 2.41 bits per heavy atom. The average Bonchev–Trinajstić information content (AvgIpc) is 2.65. The third-order valence-corrected chi connectivity index (χ3v) is 4.24. The number of esters is 1. The Kier molecular flexibility index (Phi) is 7.21. The van der Waals surface area contributed by atoms with E-state index in [0.29, 0.717) is 22.8 Å². The van der Waals surface area contributed by atoms with Crippen LogP contribution < -0.4 is 15.8 Å². The van der Waals surface area contributed by atoms with Crippen molar-refractivity contribution in [2.45, 2.75) is 19.9 Å². The Labute approximate surface area is 164 Å². The van der Waals surface area contributed by atoms with Gasteiger partial charge in [-0.3, -0.25) is 10.2 Å². The molecular formula is C20H24ClN3O3. The quantitative estimate of drug-likeness (QED) is 0.559. The van der Waals surface area contributed by atoms with Gasteiger partial charge in [-0.1, -0.05) is 23.7 Å². The first-order valence-corrected chi connectivity index (χ1v) is 9.01. The molecule has 0 radical (unpaired) electrons. The number of hydrazine groups is 1. The van der Waals surface area contributed by atoms with E-state index < -0.39 is 0 Å². The fourth-order valence-electron chi connectivity index (χ4n) is 2.53. The van der Waals surface area contributed by atoms with E-state index in [9.17, 15) is 9.59 Å². The molecule has 0 fully saturated rings. The summed E-state index contributed by atoms with van der Waals surface area (Å²) in [6.07, 6.45) is 0. The van der Waals surface area contributed by atoms with Gasteiger partial charge in [0.1, 0.15) is 0 Å². The standard InChI is InChI=1S/C20H24ClN3O3/c1-5-27-20(26)15-8-6-14(7-9-15)13(2)22-23-19(25)17-12-16(21)10-11-18(17)24(3)4/h6-13,22H,5H2,1-4H3,(H,23,25). The normalized spacial score (nSPS) is 11.6. The van der Waals surface area contributed by atoms with Crippen LogP contribution in [0.25, 0.3) is 0 Å². The van der Waals surface area contributed by atoms with Gasteiger partial charge in [-0.25, -0.2) is 10.2 Å². The maximum Gasteiger partial charge on any atom is 0.338 e. The highest BCUT2D eigenvalue weighted by Gasteiger charge is 2.15. The number of hydrogen-bond donors (Lipinski definition) is 2. The summed E-state index contributed by atoms with van der Waals surface area (Å²) in [5, 5.41) is 0.494. The predicted molar refractivity (Wildman–Crippen MR) is 107 cm³/mol. The van der Waals surface area contributed by atoms with Crippen LogP contribution in [-0.4, -0.2) is 32.6 Å². The maximum absolute atomic E-state index is 12.6. The Balaban J connectivity index is 2.03. The van der Waals surface area contributed by atoms with Crippen molar-refractivity contribution in [3.05, 3.63) is 64.2 Å². The Hall–Kier alpha value is -2.57. The molecule has 0 aliphatic carbocycles. The summed E-state index contributed by atoms with van der Waals surface area (Å²) in [7, 11) is 3.72. The molecule has 0 aliphatic rings. The molecule has 2 N–H and O–H groups in total. The monoisotopic (exact) mass is 389 g/mol. The second kappa shape index (κ2) is 9.39. The lowest BCUT2D eigenvalue weighted by Crippen LogP contribution is -2.39. The molecule has 1 atom stereocenters. The first-order valence-electron chi connectivity index (χ1n) is 8.63. The van der Waals surface area contributed by atoms with Crippen LogP contribution in [0.1, 0.15) is 46.2 Å². The third-order valence-electron chi connectivity index (χ3n) is 4.01. The number of benzene rings is 2. The second-order valence-electron chi connectivity index (χ2n) is 6.22. The van der Waals surface area contributed by atoms with Crippen LogP contribution in [0, 0.1) is 0 Å². The Bertz CT molecular complexity index is 807. The topological polar surface area (TPSA) is 70.7 Å². The van der Waals surface area contributed by atoms with E-state index >= 15 is 0 Å². The molecule has 0 saturated heterocycles. The fraction of sp³-hybridized carbons (Fsp3) is 0.300. The van der Waals surface area contributed by atoms with E-state index in [-0.39, 0.29) is 17.9 Å². The number of carbonyl (C=O) groups excluding carboxylic acids is 2. The summed E-state index contributed by atoms with van der Waals surface area (Å²) in [6, 6.07) is 12.1. The van der Waals surface area contributed by atoms with Crippen LogP contribution >= 0.6 is 11.6 Å². The molecule has 0 heterocycles. The van der Waals surface area contributed by atoms with E-state index in [2.05, 4.69) is 10.9 Å². The van der Waals surface area contributed by atoms with Crippen molar-refractivity contribution < 1.29 is 14.3 Å². The van der Waals surface area contributed by atoms with Crippen LogP contribution in [0.3, 0.4) is 0 Å². The van der Waals surface area contributed by atoms with Gasteiger partial charge in [-0.15, -0.1) is 0 Å². The molecule has 0 aliphatic heterocycles. The molecule has 2 aromatic rings. The SMILES string of the molecule is CCOC(=O)c1ccc(C(C)NNC(=O)c2cc(Cl)ccc2N(C)C)cc1. The van der Waals surface area contributed by atoms with E-state index in [1.807, 2.05) is 38.1 Å². The van der Waals surface area contributed by atoms with Crippen molar-refractivity contribution in [3.8, 4) is 0 Å². The lowest BCUT2D eigenvalue weighted by atomic mass is 10.1. The van der Waals surface area contributed by atoms with Gasteiger partial charge in [0.15, 0.2) is 0 Å². The number of anilines is 1. The average molecular weight is 390 g/mol. The van der Waals surface area contributed by atoms with Gasteiger partial charge < -0.3 is 9.64 Å². The molecule has 7 heteroatoms. The van der Waals surface area contributed by atoms with Crippen LogP contribution in [0.4, 0.5) is 5.69 Å². The van der Waals surface area contributed by atoms with Crippen molar-refractivity contribution in [1.29, 1.82) is 0 Å². The Morgan fingerprint density at radius 2 is 1.81 bits per heavy atom. The summed E-state index contributed by atoms with van der Waals surface area (Å²) in [5.41, 5.74) is 8.35. The molecule has 27 heavy (non-hydrogen) atoms. The lowest BCUT2D eigenvalue weighted by Gasteiger charge is -2.19. The number of nitrogens with one attached hydrogen (secondary N) is 2. The van der Waals surface area contributed by atoms with Gasteiger partial charge in [-0.2, -0.15) is 0 Å². The molecule has 144 valence electrons. The highest BCUT2D eigenvalue weighted by atomic mass is 35.5. The summed E-state index contributed by atoms with van der Waals surface area (Å²) in [6.45, 7) is 4.01. The highest BCUT2D eigenvalue weighted by Crippen LogP contribution is 2.23. The van der Waals surface area contributed by atoms with Crippen LogP contribution in [-0.2, 0) is 4.74 Å². The summed E-state index contributed by atoms with van der Waals surface area (Å²) in [5.74, 6) is -0.633. The van der Waals surface area contributed by atoms with Gasteiger partial charge in [0.05, 0.1) is 17.7 Å². The molecule has 1 unspecified atom stereocenters. The van der Waals surface area contributed by atoms with Crippen LogP contribution in [0.2, 0.25) is 5.02 Å². The zero-order valence-corrected chi connectivity index (χ0v) is 16.6. The molecule has 0 saturated carbocycles. The van der Waals surface area contributed by atoms with Gasteiger partial charge in [0, 0.05) is 30.8 Å². The Morgan fingerprint density at radius 1 is 1.15 bits per heavy atom. The third kappa shape index (κ3) is 5.45. The number of ether oxygens (including phenoxy) is 1. The first kappa shape index (κ1) is 20.7. The number of amides is 1. The maximum atomic E-state index is 12.6. The molecule has 0 aromatic heterocycles. The van der Waals surface area contributed by atoms with Crippen molar-refractivity contribution >= 4 is 29.2 Å². The molecule has 0 spiro atoms. The highest BCUT2D eigenvalue weighted by molar-refractivity contribution is 6.31. The minimum Gasteiger partial charge on any atom is -0.462 e. The summed E-state index contributed by atoms with van der Waals surface area (Å²) >= 11 is 6.03.